The van der Waals surface area contributed by atoms with Crippen molar-refractivity contribution < 1.29 is 9.90 Å². The van der Waals surface area contributed by atoms with Gasteiger partial charge >= 0.3 is 5.97 Å². The van der Waals surface area contributed by atoms with Crippen LogP contribution in [0.1, 0.15) is 37.7 Å². The number of nitrogens with zero attached hydrogens (tertiary/aromatic N) is 2. The topological polar surface area (TPSA) is 75.1 Å². The van der Waals surface area contributed by atoms with E-state index in [4.69, 9.17) is 5.11 Å². The van der Waals surface area contributed by atoms with Crippen molar-refractivity contribution in [2.75, 3.05) is 5.32 Å². The van der Waals surface area contributed by atoms with Gasteiger partial charge in [0.05, 0.1) is 5.69 Å². The average molecular weight is 311 g/mol. The van der Waals surface area contributed by atoms with Crippen LogP contribution in [0.3, 0.4) is 0 Å². The number of aliphatic carboxylic acids is 1. The van der Waals surface area contributed by atoms with Crippen molar-refractivity contribution in [3.63, 3.8) is 0 Å². The molecular formula is C18H21N3O2. The lowest BCUT2D eigenvalue weighted by Gasteiger charge is -2.12. The zero-order valence-electron chi connectivity index (χ0n) is 13.0. The van der Waals surface area contributed by atoms with Gasteiger partial charge < -0.3 is 10.4 Å². The SMILES string of the molecule is O=C(O)CCc1ccc(-c2ccc(NC3CCCC3)nn2)cc1. The van der Waals surface area contributed by atoms with Gasteiger partial charge in [-0.25, -0.2) is 0 Å². The smallest absolute Gasteiger partial charge is 0.303 e. The van der Waals surface area contributed by atoms with E-state index in [0.29, 0.717) is 12.5 Å². The van der Waals surface area contributed by atoms with E-state index in [0.717, 1.165) is 22.6 Å². The molecule has 1 heterocycles. The first-order valence-electron chi connectivity index (χ1n) is 8.12. The van der Waals surface area contributed by atoms with Gasteiger partial charge in [-0.2, -0.15) is 0 Å². The maximum atomic E-state index is 10.6. The Labute approximate surface area is 135 Å². The van der Waals surface area contributed by atoms with Crippen molar-refractivity contribution in [3.05, 3.63) is 42.0 Å². The van der Waals surface area contributed by atoms with Gasteiger partial charge in [0.2, 0.25) is 0 Å². The summed E-state index contributed by atoms with van der Waals surface area (Å²) in [5.74, 6) is 0.0593. The highest BCUT2D eigenvalue weighted by molar-refractivity contribution is 5.67. The molecule has 1 aliphatic carbocycles. The van der Waals surface area contributed by atoms with Crippen molar-refractivity contribution in [3.8, 4) is 11.3 Å². The second kappa shape index (κ2) is 7.22. The third-order valence-corrected chi connectivity index (χ3v) is 4.25. The first-order chi connectivity index (χ1) is 11.2. The highest BCUT2D eigenvalue weighted by Gasteiger charge is 2.15. The number of hydrogen-bond donors (Lipinski definition) is 2. The monoisotopic (exact) mass is 311 g/mol. The summed E-state index contributed by atoms with van der Waals surface area (Å²) in [6.45, 7) is 0. The van der Waals surface area contributed by atoms with Crippen LogP contribution in [0.5, 0.6) is 0 Å². The summed E-state index contributed by atoms with van der Waals surface area (Å²) in [5.41, 5.74) is 2.83. The van der Waals surface area contributed by atoms with E-state index in [-0.39, 0.29) is 6.42 Å². The Morgan fingerprint density at radius 3 is 2.43 bits per heavy atom. The normalized spacial score (nSPS) is 14.8. The van der Waals surface area contributed by atoms with E-state index in [1.165, 1.54) is 25.7 Å². The fraction of sp³-hybridized carbons (Fsp3) is 0.389. The van der Waals surface area contributed by atoms with Crippen molar-refractivity contribution in [2.24, 2.45) is 0 Å². The Kier molecular flexibility index (Phi) is 4.86. The van der Waals surface area contributed by atoms with Crippen molar-refractivity contribution in [1.82, 2.24) is 10.2 Å². The van der Waals surface area contributed by atoms with E-state index < -0.39 is 5.97 Å². The molecule has 5 nitrogen and oxygen atoms in total. The molecule has 1 saturated carbocycles. The van der Waals surface area contributed by atoms with E-state index in [2.05, 4.69) is 15.5 Å². The number of anilines is 1. The van der Waals surface area contributed by atoms with Crippen LogP contribution in [0.4, 0.5) is 5.82 Å². The van der Waals surface area contributed by atoms with Crippen molar-refractivity contribution in [2.45, 2.75) is 44.6 Å². The van der Waals surface area contributed by atoms with Crippen LogP contribution >= 0.6 is 0 Å². The number of hydrogen-bond acceptors (Lipinski definition) is 4. The van der Waals surface area contributed by atoms with Crippen LogP contribution in [-0.4, -0.2) is 27.3 Å². The standard InChI is InChI=1S/C18H21N3O2/c22-18(23)12-7-13-5-8-14(9-6-13)16-10-11-17(21-20-16)19-15-3-1-2-4-15/h5-6,8-11,15H,1-4,7,12H2,(H,19,21)(H,22,23). The Morgan fingerprint density at radius 2 is 1.83 bits per heavy atom. The summed E-state index contributed by atoms with van der Waals surface area (Å²) in [6.07, 6.45) is 5.70. The van der Waals surface area contributed by atoms with Gasteiger partial charge in [-0.3, -0.25) is 4.79 Å². The second-order valence-corrected chi connectivity index (χ2v) is 6.02. The fourth-order valence-corrected chi connectivity index (χ4v) is 2.94. The number of nitrogens with one attached hydrogen (secondary N) is 1. The molecule has 3 rings (SSSR count). The average Bonchev–Trinajstić information content (AvgIpc) is 3.07. The Morgan fingerprint density at radius 1 is 1.09 bits per heavy atom. The zero-order valence-corrected chi connectivity index (χ0v) is 13.0. The molecule has 0 saturated heterocycles. The lowest BCUT2D eigenvalue weighted by molar-refractivity contribution is -0.136. The zero-order chi connectivity index (χ0) is 16.1. The molecule has 1 aromatic heterocycles. The molecule has 0 aliphatic heterocycles. The van der Waals surface area contributed by atoms with Crippen molar-refractivity contribution in [1.29, 1.82) is 0 Å². The van der Waals surface area contributed by atoms with Gasteiger partial charge in [0, 0.05) is 18.0 Å². The molecule has 0 radical (unpaired) electrons. The number of carbonyl (C=O) groups is 1. The highest BCUT2D eigenvalue weighted by Crippen LogP contribution is 2.22. The van der Waals surface area contributed by atoms with Gasteiger partial charge in [-0.15, -0.1) is 10.2 Å². The number of aryl methyl sites for hydroxylation is 1. The molecule has 0 unspecified atom stereocenters. The van der Waals surface area contributed by atoms with Gasteiger partial charge in [0.1, 0.15) is 5.82 Å². The predicted octanol–water partition coefficient (Wildman–Crippen LogP) is 3.52. The summed E-state index contributed by atoms with van der Waals surface area (Å²) in [4.78, 5) is 10.6. The lowest BCUT2D eigenvalue weighted by atomic mass is 10.1. The van der Waals surface area contributed by atoms with Crippen LogP contribution in [0.25, 0.3) is 11.3 Å². The van der Waals surface area contributed by atoms with E-state index >= 15 is 0 Å². The molecule has 1 aromatic carbocycles. The third-order valence-electron chi connectivity index (χ3n) is 4.25. The molecule has 120 valence electrons. The number of benzene rings is 1. The van der Waals surface area contributed by atoms with Crippen LogP contribution in [0.2, 0.25) is 0 Å². The van der Waals surface area contributed by atoms with Crippen molar-refractivity contribution >= 4 is 11.8 Å². The van der Waals surface area contributed by atoms with E-state index in [9.17, 15) is 4.79 Å². The molecule has 0 amide bonds. The van der Waals surface area contributed by atoms with Gasteiger partial charge in [0.15, 0.2) is 0 Å². The summed E-state index contributed by atoms with van der Waals surface area (Å²) >= 11 is 0. The molecular weight excluding hydrogens is 290 g/mol. The van der Waals surface area contributed by atoms with Crippen LogP contribution < -0.4 is 5.32 Å². The van der Waals surface area contributed by atoms with Crippen LogP contribution in [0, 0.1) is 0 Å². The predicted molar refractivity (Wildman–Crippen MR) is 89.3 cm³/mol. The maximum absolute atomic E-state index is 10.6. The molecule has 0 atom stereocenters. The van der Waals surface area contributed by atoms with Crippen LogP contribution in [0.15, 0.2) is 36.4 Å². The second-order valence-electron chi connectivity index (χ2n) is 6.02. The third kappa shape index (κ3) is 4.28. The fourth-order valence-electron chi connectivity index (χ4n) is 2.94. The molecule has 5 heteroatoms. The Hall–Kier alpha value is -2.43. The van der Waals surface area contributed by atoms with E-state index in [1.54, 1.807) is 0 Å². The van der Waals surface area contributed by atoms with Crippen LogP contribution in [-0.2, 0) is 11.2 Å². The number of carboxylic acid groups (broad SMARTS) is 1. The Balaban J connectivity index is 1.63. The molecule has 0 bridgehead atoms. The summed E-state index contributed by atoms with van der Waals surface area (Å²) in [7, 11) is 0. The molecule has 1 aliphatic rings. The number of aromatic nitrogens is 2. The lowest BCUT2D eigenvalue weighted by Crippen LogP contribution is -2.15. The first kappa shape index (κ1) is 15.5. The maximum Gasteiger partial charge on any atom is 0.303 e. The molecule has 2 aromatic rings. The minimum atomic E-state index is -0.773. The summed E-state index contributed by atoms with van der Waals surface area (Å²) in [6, 6.07) is 12.3. The first-order valence-corrected chi connectivity index (χ1v) is 8.12. The van der Waals surface area contributed by atoms with Gasteiger partial charge in [0.25, 0.3) is 0 Å². The highest BCUT2D eigenvalue weighted by atomic mass is 16.4. The molecule has 1 fully saturated rings. The quantitative estimate of drug-likeness (QED) is 0.854. The summed E-state index contributed by atoms with van der Waals surface area (Å²) < 4.78 is 0. The Bertz CT molecular complexity index is 647. The minimum absolute atomic E-state index is 0.153. The number of rotatable bonds is 6. The minimum Gasteiger partial charge on any atom is -0.481 e. The van der Waals surface area contributed by atoms with E-state index in [1.807, 2.05) is 36.4 Å². The molecule has 2 N–H and O–H groups in total. The summed E-state index contributed by atoms with van der Waals surface area (Å²) in [5, 5.41) is 20.7. The largest absolute Gasteiger partial charge is 0.481 e. The van der Waals surface area contributed by atoms with Gasteiger partial charge in [-0.05, 0) is 37.0 Å². The molecule has 23 heavy (non-hydrogen) atoms. The molecule has 0 spiro atoms. The van der Waals surface area contributed by atoms with Gasteiger partial charge in [-0.1, -0.05) is 37.1 Å². The number of carboxylic acids is 1.